The number of nitrogens with zero attached hydrogens (tertiary/aromatic N) is 1. The van der Waals surface area contributed by atoms with Crippen LogP contribution in [0.25, 0.3) is 0 Å². The monoisotopic (exact) mass is 332 g/mol. The number of likely N-dealkylation sites (tertiary alicyclic amines) is 1. The van der Waals surface area contributed by atoms with Gasteiger partial charge in [0.15, 0.2) is 0 Å². The molecule has 0 saturated carbocycles. The maximum atomic E-state index is 12.3. The standard InChI is InChI=1S/C19H28N2O3/c1-3-7-14(2)21-13-16(11-18(21)23)19(24)20-12-17(22)10-15-8-5-4-6-9-15/h4-6,8-9,14,16-17,22H,3,7,10-13H2,1-2H3,(H,20,24). The molecule has 5 nitrogen and oxygen atoms in total. The fourth-order valence-electron chi connectivity index (χ4n) is 3.23. The summed E-state index contributed by atoms with van der Waals surface area (Å²) in [6, 6.07) is 9.87. The second-order valence-electron chi connectivity index (χ2n) is 6.67. The summed E-state index contributed by atoms with van der Waals surface area (Å²) >= 11 is 0. The van der Waals surface area contributed by atoms with Crippen molar-refractivity contribution < 1.29 is 14.7 Å². The predicted octanol–water partition coefficient (Wildman–Crippen LogP) is 1.74. The zero-order valence-corrected chi connectivity index (χ0v) is 14.6. The molecule has 0 bridgehead atoms. The molecular weight excluding hydrogens is 304 g/mol. The Hall–Kier alpha value is -1.88. The lowest BCUT2D eigenvalue weighted by Crippen LogP contribution is -2.39. The van der Waals surface area contributed by atoms with Gasteiger partial charge in [0.2, 0.25) is 11.8 Å². The Kier molecular flexibility index (Phi) is 6.79. The van der Waals surface area contributed by atoms with Crippen LogP contribution < -0.4 is 5.32 Å². The minimum atomic E-state index is -0.622. The average molecular weight is 332 g/mol. The van der Waals surface area contributed by atoms with Gasteiger partial charge in [0.05, 0.1) is 12.0 Å². The van der Waals surface area contributed by atoms with E-state index in [0.29, 0.717) is 13.0 Å². The van der Waals surface area contributed by atoms with E-state index in [1.807, 2.05) is 42.2 Å². The third-order valence-electron chi connectivity index (χ3n) is 4.59. The number of hydrogen-bond acceptors (Lipinski definition) is 3. The molecule has 2 N–H and O–H groups in total. The fraction of sp³-hybridized carbons (Fsp3) is 0.579. The van der Waals surface area contributed by atoms with Crippen molar-refractivity contribution in [2.24, 2.45) is 5.92 Å². The summed E-state index contributed by atoms with van der Waals surface area (Å²) in [5.41, 5.74) is 1.04. The second-order valence-corrected chi connectivity index (χ2v) is 6.67. The van der Waals surface area contributed by atoms with Crippen LogP contribution in [-0.4, -0.2) is 47.1 Å². The van der Waals surface area contributed by atoms with Gasteiger partial charge >= 0.3 is 0 Å². The molecule has 0 radical (unpaired) electrons. The molecule has 1 saturated heterocycles. The summed E-state index contributed by atoms with van der Waals surface area (Å²) < 4.78 is 0. The van der Waals surface area contributed by atoms with Gasteiger partial charge in [-0.05, 0) is 18.9 Å². The molecule has 1 aliphatic heterocycles. The lowest BCUT2D eigenvalue weighted by atomic mass is 10.1. The molecule has 24 heavy (non-hydrogen) atoms. The zero-order valence-electron chi connectivity index (χ0n) is 14.6. The third kappa shape index (κ3) is 5.06. The third-order valence-corrected chi connectivity index (χ3v) is 4.59. The lowest BCUT2D eigenvalue weighted by Gasteiger charge is -2.24. The quantitative estimate of drug-likeness (QED) is 0.762. The van der Waals surface area contributed by atoms with Crippen molar-refractivity contribution in [1.29, 1.82) is 0 Å². The Balaban J connectivity index is 1.77. The van der Waals surface area contributed by atoms with E-state index in [-0.39, 0.29) is 36.7 Å². The van der Waals surface area contributed by atoms with Crippen LogP contribution in [0.1, 0.15) is 38.7 Å². The topological polar surface area (TPSA) is 69.6 Å². The Morgan fingerprint density at radius 1 is 1.38 bits per heavy atom. The number of carbonyl (C=O) groups is 2. The van der Waals surface area contributed by atoms with Crippen molar-refractivity contribution in [2.75, 3.05) is 13.1 Å². The SMILES string of the molecule is CCCC(C)N1CC(C(=O)NCC(O)Cc2ccccc2)CC1=O. The molecule has 1 aromatic carbocycles. The van der Waals surface area contributed by atoms with Gasteiger partial charge in [-0.25, -0.2) is 0 Å². The Morgan fingerprint density at radius 2 is 2.08 bits per heavy atom. The molecule has 0 aromatic heterocycles. The minimum Gasteiger partial charge on any atom is -0.391 e. The first-order chi connectivity index (χ1) is 11.5. The van der Waals surface area contributed by atoms with E-state index in [4.69, 9.17) is 0 Å². The summed E-state index contributed by atoms with van der Waals surface area (Å²) in [6.45, 7) is 4.82. The Bertz CT molecular complexity index is 547. The first-order valence-corrected chi connectivity index (χ1v) is 8.80. The summed E-state index contributed by atoms with van der Waals surface area (Å²) in [7, 11) is 0. The number of benzene rings is 1. The molecule has 5 heteroatoms. The van der Waals surface area contributed by atoms with Gasteiger partial charge in [-0.1, -0.05) is 43.7 Å². The van der Waals surface area contributed by atoms with Gasteiger partial charge in [-0.15, -0.1) is 0 Å². The number of carbonyl (C=O) groups excluding carboxylic acids is 2. The molecule has 2 rings (SSSR count). The Labute approximate surface area is 144 Å². The van der Waals surface area contributed by atoms with E-state index in [0.717, 1.165) is 18.4 Å². The second kappa shape index (κ2) is 8.83. The molecule has 3 unspecified atom stereocenters. The van der Waals surface area contributed by atoms with Crippen LogP contribution in [0.5, 0.6) is 0 Å². The number of nitrogens with one attached hydrogen (secondary N) is 1. The maximum Gasteiger partial charge on any atom is 0.225 e. The van der Waals surface area contributed by atoms with Gasteiger partial charge in [0, 0.05) is 32.0 Å². The number of aliphatic hydroxyl groups excluding tert-OH is 1. The molecule has 1 fully saturated rings. The molecular formula is C19H28N2O3. The van der Waals surface area contributed by atoms with E-state index in [1.54, 1.807) is 0 Å². The van der Waals surface area contributed by atoms with E-state index < -0.39 is 6.10 Å². The van der Waals surface area contributed by atoms with Gasteiger partial charge in [0.25, 0.3) is 0 Å². The summed E-state index contributed by atoms with van der Waals surface area (Å²) in [4.78, 5) is 26.2. The van der Waals surface area contributed by atoms with Crippen molar-refractivity contribution in [2.45, 2.75) is 51.7 Å². The van der Waals surface area contributed by atoms with Crippen molar-refractivity contribution in [1.82, 2.24) is 10.2 Å². The predicted molar refractivity (Wildman–Crippen MR) is 93.4 cm³/mol. The van der Waals surface area contributed by atoms with Crippen LogP contribution in [0.15, 0.2) is 30.3 Å². The van der Waals surface area contributed by atoms with Gasteiger partial charge in [-0.2, -0.15) is 0 Å². The number of rotatable bonds is 8. The normalized spacial score (nSPS) is 20.0. The molecule has 3 atom stereocenters. The van der Waals surface area contributed by atoms with Gasteiger partial charge in [0.1, 0.15) is 0 Å². The van der Waals surface area contributed by atoms with Crippen molar-refractivity contribution in [3.63, 3.8) is 0 Å². The molecule has 2 amide bonds. The zero-order chi connectivity index (χ0) is 17.5. The van der Waals surface area contributed by atoms with Crippen LogP contribution in [0.4, 0.5) is 0 Å². The van der Waals surface area contributed by atoms with E-state index in [2.05, 4.69) is 12.2 Å². The van der Waals surface area contributed by atoms with Crippen molar-refractivity contribution in [3.05, 3.63) is 35.9 Å². The first-order valence-electron chi connectivity index (χ1n) is 8.80. The van der Waals surface area contributed by atoms with Crippen LogP contribution in [0.2, 0.25) is 0 Å². The largest absolute Gasteiger partial charge is 0.391 e. The summed E-state index contributed by atoms with van der Waals surface area (Å²) in [6.07, 6.45) is 2.13. The maximum absolute atomic E-state index is 12.3. The lowest BCUT2D eigenvalue weighted by molar-refractivity contribution is -0.130. The van der Waals surface area contributed by atoms with Crippen molar-refractivity contribution in [3.8, 4) is 0 Å². The minimum absolute atomic E-state index is 0.0564. The smallest absolute Gasteiger partial charge is 0.225 e. The van der Waals surface area contributed by atoms with Crippen LogP contribution in [0.3, 0.4) is 0 Å². The van der Waals surface area contributed by atoms with Crippen LogP contribution in [0, 0.1) is 5.92 Å². The number of amides is 2. The molecule has 0 aliphatic carbocycles. The molecule has 132 valence electrons. The Morgan fingerprint density at radius 3 is 2.75 bits per heavy atom. The van der Waals surface area contributed by atoms with Gasteiger partial charge < -0.3 is 15.3 Å². The first kappa shape index (κ1) is 18.5. The summed E-state index contributed by atoms with van der Waals surface area (Å²) in [5.74, 6) is -0.386. The van der Waals surface area contributed by atoms with Crippen molar-refractivity contribution >= 4 is 11.8 Å². The molecule has 1 aliphatic rings. The highest BCUT2D eigenvalue weighted by atomic mass is 16.3. The summed E-state index contributed by atoms with van der Waals surface area (Å²) in [5, 5.41) is 12.9. The fourth-order valence-corrected chi connectivity index (χ4v) is 3.23. The highest BCUT2D eigenvalue weighted by Gasteiger charge is 2.36. The highest BCUT2D eigenvalue weighted by Crippen LogP contribution is 2.22. The molecule has 1 heterocycles. The number of hydrogen-bond donors (Lipinski definition) is 2. The van der Waals surface area contributed by atoms with E-state index in [1.165, 1.54) is 0 Å². The molecule has 0 spiro atoms. The molecule has 1 aromatic rings. The van der Waals surface area contributed by atoms with Crippen LogP contribution >= 0.6 is 0 Å². The van der Waals surface area contributed by atoms with Crippen LogP contribution in [-0.2, 0) is 16.0 Å². The highest BCUT2D eigenvalue weighted by molar-refractivity contribution is 5.89. The average Bonchev–Trinajstić information content (AvgIpc) is 2.96. The van der Waals surface area contributed by atoms with Gasteiger partial charge in [-0.3, -0.25) is 9.59 Å². The number of aliphatic hydroxyl groups is 1. The van der Waals surface area contributed by atoms with E-state index >= 15 is 0 Å². The van der Waals surface area contributed by atoms with E-state index in [9.17, 15) is 14.7 Å².